The number of carboxylic acids is 1. The van der Waals surface area contributed by atoms with Gasteiger partial charge < -0.3 is 9.84 Å². The minimum atomic E-state index is -0.847. The average molecular weight is 245 g/mol. The van der Waals surface area contributed by atoms with Crippen molar-refractivity contribution in [2.75, 3.05) is 7.11 Å². The summed E-state index contributed by atoms with van der Waals surface area (Å²) < 4.78 is 5.28. The molecule has 0 aliphatic heterocycles. The van der Waals surface area contributed by atoms with Gasteiger partial charge in [0, 0.05) is 17.0 Å². The number of hydrogen-bond acceptors (Lipinski definition) is 3. The lowest BCUT2D eigenvalue weighted by atomic mass is 9.96. The van der Waals surface area contributed by atoms with Gasteiger partial charge in [-0.15, -0.1) is 0 Å². The van der Waals surface area contributed by atoms with Gasteiger partial charge in [0.15, 0.2) is 0 Å². The van der Waals surface area contributed by atoms with Crippen molar-refractivity contribution in [1.82, 2.24) is 4.98 Å². The first kappa shape index (κ1) is 12.4. The normalized spacial score (nSPS) is 12.3. The van der Waals surface area contributed by atoms with Gasteiger partial charge in [-0.3, -0.25) is 9.78 Å². The number of aliphatic carboxylic acids is 1. The van der Waals surface area contributed by atoms with Crippen molar-refractivity contribution in [2.24, 2.45) is 0 Å². The topological polar surface area (TPSA) is 59.4 Å². The molecule has 2 aromatic rings. The fraction of sp³-hybridized carbons (Fsp3) is 0.286. The molecule has 0 radical (unpaired) electrons. The van der Waals surface area contributed by atoms with Gasteiger partial charge in [0.1, 0.15) is 5.75 Å². The highest BCUT2D eigenvalue weighted by molar-refractivity contribution is 5.93. The molecule has 2 rings (SSSR count). The molecule has 18 heavy (non-hydrogen) atoms. The van der Waals surface area contributed by atoms with Crippen molar-refractivity contribution in [3.63, 3.8) is 0 Å². The van der Waals surface area contributed by atoms with Crippen LogP contribution in [0.2, 0.25) is 0 Å². The second kappa shape index (κ2) is 5.04. The number of carbonyl (C=O) groups is 1. The van der Waals surface area contributed by atoms with Crippen LogP contribution in [0.5, 0.6) is 5.75 Å². The van der Waals surface area contributed by atoms with E-state index in [1.807, 2.05) is 31.2 Å². The molecule has 4 nitrogen and oxygen atoms in total. The molecule has 1 aromatic heterocycles. The summed E-state index contributed by atoms with van der Waals surface area (Å²) in [4.78, 5) is 15.5. The number of ether oxygens (including phenoxy) is 1. The molecule has 0 fully saturated rings. The van der Waals surface area contributed by atoms with Crippen LogP contribution in [-0.4, -0.2) is 23.2 Å². The lowest BCUT2D eigenvalue weighted by molar-refractivity contribution is -0.138. The third-order valence-electron chi connectivity index (χ3n) is 3.05. The van der Waals surface area contributed by atoms with Crippen molar-refractivity contribution < 1.29 is 14.6 Å². The number of rotatable bonds is 4. The summed E-state index contributed by atoms with van der Waals surface area (Å²) in [6.45, 7) is 1.85. The summed E-state index contributed by atoms with van der Waals surface area (Å²) >= 11 is 0. The van der Waals surface area contributed by atoms with Gasteiger partial charge in [-0.2, -0.15) is 0 Å². The molecule has 0 aliphatic rings. The van der Waals surface area contributed by atoms with Crippen LogP contribution >= 0.6 is 0 Å². The highest BCUT2D eigenvalue weighted by Crippen LogP contribution is 2.31. The lowest BCUT2D eigenvalue weighted by Crippen LogP contribution is -2.12. The van der Waals surface area contributed by atoms with E-state index < -0.39 is 11.9 Å². The van der Waals surface area contributed by atoms with E-state index in [9.17, 15) is 9.90 Å². The van der Waals surface area contributed by atoms with Gasteiger partial charge in [0.25, 0.3) is 0 Å². The van der Waals surface area contributed by atoms with Gasteiger partial charge in [-0.05, 0) is 18.6 Å². The Balaban J connectivity index is 2.69. The quantitative estimate of drug-likeness (QED) is 0.899. The lowest BCUT2D eigenvalue weighted by Gasteiger charge is -2.13. The molecule has 94 valence electrons. The number of fused-ring (bicyclic) bond motifs is 1. The molecule has 0 spiro atoms. The molecular weight excluding hydrogens is 230 g/mol. The maximum Gasteiger partial charge on any atom is 0.312 e. The van der Waals surface area contributed by atoms with E-state index >= 15 is 0 Å². The first-order valence-electron chi connectivity index (χ1n) is 5.83. The third-order valence-corrected chi connectivity index (χ3v) is 3.05. The van der Waals surface area contributed by atoms with E-state index in [0.29, 0.717) is 12.1 Å². The highest BCUT2D eigenvalue weighted by Gasteiger charge is 2.21. The maximum absolute atomic E-state index is 11.3. The average Bonchev–Trinajstić information content (AvgIpc) is 2.38. The van der Waals surface area contributed by atoms with Crippen molar-refractivity contribution in [1.29, 1.82) is 0 Å². The van der Waals surface area contributed by atoms with Crippen LogP contribution in [0, 0.1) is 0 Å². The van der Waals surface area contributed by atoms with Crippen LogP contribution in [0.3, 0.4) is 0 Å². The van der Waals surface area contributed by atoms with E-state index in [1.54, 1.807) is 13.3 Å². The van der Waals surface area contributed by atoms with Crippen LogP contribution in [-0.2, 0) is 4.79 Å². The molecule has 1 aromatic carbocycles. The Hall–Kier alpha value is -2.10. The van der Waals surface area contributed by atoms with Crippen molar-refractivity contribution >= 4 is 16.7 Å². The predicted molar refractivity (Wildman–Crippen MR) is 69.0 cm³/mol. The largest absolute Gasteiger partial charge is 0.496 e. The fourth-order valence-corrected chi connectivity index (χ4v) is 2.14. The smallest absolute Gasteiger partial charge is 0.312 e. The second-order valence-corrected chi connectivity index (χ2v) is 4.05. The standard InChI is InChI=1S/C14H15NO3/c1-3-9(14(16)17)13-11-5-4-6-12(18-2)10(11)7-8-15-13/h4-9H,3H2,1-2H3,(H,16,17). The highest BCUT2D eigenvalue weighted by atomic mass is 16.5. The van der Waals surface area contributed by atoms with Crippen LogP contribution in [0.4, 0.5) is 0 Å². The number of hydrogen-bond donors (Lipinski definition) is 1. The Morgan fingerprint density at radius 3 is 2.78 bits per heavy atom. The molecule has 1 heterocycles. The van der Waals surface area contributed by atoms with Gasteiger partial charge >= 0.3 is 5.97 Å². The summed E-state index contributed by atoms with van der Waals surface area (Å²) in [7, 11) is 1.60. The van der Waals surface area contributed by atoms with E-state index in [-0.39, 0.29) is 0 Å². The van der Waals surface area contributed by atoms with Crippen molar-refractivity contribution in [3.8, 4) is 5.75 Å². The minimum absolute atomic E-state index is 0.513. The summed E-state index contributed by atoms with van der Waals surface area (Å²) in [6.07, 6.45) is 2.14. The van der Waals surface area contributed by atoms with Crippen LogP contribution < -0.4 is 4.74 Å². The first-order chi connectivity index (χ1) is 8.69. The number of carboxylic acid groups (broad SMARTS) is 1. The SMILES string of the molecule is CCC(C(=O)O)c1nccc2c(OC)cccc12. The number of benzene rings is 1. The Kier molecular flexibility index (Phi) is 3.46. The van der Waals surface area contributed by atoms with Gasteiger partial charge in [-0.25, -0.2) is 0 Å². The molecule has 0 amide bonds. The first-order valence-corrected chi connectivity index (χ1v) is 5.83. The van der Waals surface area contributed by atoms with Crippen molar-refractivity contribution in [3.05, 3.63) is 36.2 Å². The molecular formula is C14H15NO3. The zero-order chi connectivity index (χ0) is 13.1. The van der Waals surface area contributed by atoms with Gasteiger partial charge in [0.05, 0.1) is 18.7 Å². The minimum Gasteiger partial charge on any atom is -0.496 e. The van der Waals surface area contributed by atoms with Crippen LogP contribution in [0.15, 0.2) is 30.5 Å². The molecule has 1 unspecified atom stereocenters. The molecule has 0 bridgehead atoms. The molecule has 4 heteroatoms. The summed E-state index contributed by atoms with van der Waals surface area (Å²) in [5.74, 6) is -0.697. The van der Waals surface area contributed by atoms with E-state index in [0.717, 1.165) is 16.5 Å². The third kappa shape index (κ3) is 2.01. The van der Waals surface area contributed by atoms with Gasteiger partial charge in [-0.1, -0.05) is 19.1 Å². The Labute approximate surface area is 105 Å². The zero-order valence-electron chi connectivity index (χ0n) is 10.4. The van der Waals surface area contributed by atoms with Crippen molar-refractivity contribution in [2.45, 2.75) is 19.3 Å². The van der Waals surface area contributed by atoms with Crippen LogP contribution in [0.25, 0.3) is 10.8 Å². The molecule has 0 saturated heterocycles. The van der Waals surface area contributed by atoms with Crippen LogP contribution in [0.1, 0.15) is 25.0 Å². The number of nitrogens with zero attached hydrogens (tertiary/aromatic N) is 1. The molecule has 1 atom stereocenters. The summed E-state index contributed by atoms with van der Waals surface area (Å²) in [5, 5.41) is 11.0. The summed E-state index contributed by atoms with van der Waals surface area (Å²) in [5.41, 5.74) is 0.599. The van der Waals surface area contributed by atoms with E-state index in [4.69, 9.17) is 4.74 Å². The number of aromatic nitrogens is 1. The number of pyridine rings is 1. The molecule has 0 aliphatic carbocycles. The predicted octanol–water partition coefficient (Wildman–Crippen LogP) is 2.82. The second-order valence-electron chi connectivity index (χ2n) is 4.05. The Morgan fingerprint density at radius 1 is 1.39 bits per heavy atom. The summed E-state index contributed by atoms with van der Waals surface area (Å²) in [6, 6.07) is 7.42. The zero-order valence-corrected chi connectivity index (χ0v) is 10.4. The Morgan fingerprint density at radius 2 is 2.17 bits per heavy atom. The monoisotopic (exact) mass is 245 g/mol. The molecule has 0 saturated carbocycles. The van der Waals surface area contributed by atoms with E-state index in [2.05, 4.69) is 4.98 Å². The molecule has 1 N–H and O–H groups in total. The van der Waals surface area contributed by atoms with Gasteiger partial charge in [0.2, 0.25) is 0 Å². The Bertz CT molecular complexity index is 580. The maximum atomic E-state index is 11.3. The van der Waals surface area contributed by atoms with E-state index in [1.165, 1.54) is 0 Å². The fourth-order valence-electron chi connectivity index (χ4n) is 2.14. The number of methoxy groups -OCH3 is 1.